The predicted octanol–water partition coefficient (Wildman–Crippen LogP) is 3.39. The van der Waals surface area contributed by atoms with Gasteiger partial charge in [0.2, 0.25) is 0 Å². The molecule has 1 atom stereocenters. The minimum atomic E-state index is -0.234. The van der Waals surface area contributed by atoms with Gasteiger partial charge in [0.15, 0.2) is 11.5 Å². The van der Waals surface area contributed by atoms with Gasteiger partial charge in [-0.05, 0) is 42.3 Å². The van der Waals surface area contributed by atoms with Crippen molar-refractivity contribution in [3.05, 3.63) is 59.4 Å². The average molecular weight is 275 g/mol. The van der Waals surface area contributed by atoms with Crippen molar-refractivity contribution in [2.75, 3.05) is 7.11 Å². The number of hydrogen-bond acceptors (Lipinski definition) is 3. The fourth-order valence-corrected chi connectivity index (χ4v) is 2.00. The monoisotopic (exact) mass is 275 g/mol. The molecule has 2 rings (SSSR count). The van der Waals surface area contributed by atoms with Gasteiger partial charge in [-0.25, -0.2) is 4.39 Å². The van der Waals surface area contributed by atoms with Gasteiger partial charge in [-0.2, -0.15) is 0 Å². The number of hydrogen-bond donors (Lipinski definition) is 2. The first-order valence-corrected chi connectivity index (χ1v) is 6.45. The fraction of sp³-hybridized carbons (Fsp3) is 0.250. The molecule has 0 unspecified atom stereocenters. The molecule has 2 aromatic carbocycles. The van der Waals surface area contributed by atoms with E-state index in [9.17, 15) is 9.50 Å². The summed E-state index contributed by atoms with van der Waals surface area (Å²) in [6.07, 6.45) is 0. The second-order valence-corrected chi connectivity index (χ2v) is 4.66. The van der Waals surface area contributed by atoms with Crippen LogP contribution in [0.3, 0.4) is 0 Å². The number of benzene rings is 2. The van der Waals surface area contributed by atoms with E-state index in [0.717, 1.165) is 11.1 Å². The van der Waals surface area contributed by atoms with Gasteiger partial charge in [0.05, 0.1) is 7.11 Å². The molecule has 0 aliphatic carbocycles. The van der Waals surface area contributed by atoms with E-state index in [-0.39, 0.29) is 17.6 Å². The molecule has 2 N–H and O–H groups in total. The van der Waals surface area contributed by atoms with Gasteiger partial charge in [-0.1, -0.05) is 18.2 Å². The molecular weight excluding hydrogens is 257 g/mol. The summed E-state index contributed by atoms with van der Waals surface area (Å²) < 4.78 is 18.2. The maximum Gasteiger partial charge on any atom is 0.160 e. The Labute approximate surface area is 118 Å². The smallest absolute Gasteiger partial charge is 0.160 e. The van der Waals surface area contributed by atoms with Crippen molar-refractivity contribution in [3.63, 3.8) is 0 Å². The van der Waals surface area contributed by atoms with Crippen LogP contribution in [0.5, 0.6) is 11.5 Å². The minimum absolute atomic E-state index is 0.0329. The van der Waals surface area contributed by atoms with E-state index in [1.807, 2.05) is 19.1 Å². The van der Waals surface area contributed by atoms with Crippen LogP contribution in [-0.4, -0.2) is 12.2 Å². The molecule has 4 heteroatoms. The average Bonchev–Trinajstić information content (AvgIpc) is 2.46. The van der Waals surface area contributed by atoms with E-state index in [1.54, 1.807) is 18.2 Å². The Kier molecular flexibility index (Phi) is 4.58. The van der Waals surface area contributed by atoms with Crippen molar-refractivity contribution in [1.29, 1.82) is 0 Å². The number of ether oxygens (including phenoxy) is 1. The Bertz CT molecular complexity index is 586. The lowest BCUT2D eigenvalue weighted by atomic mass is 10.1. The van der Waals surface area contributed by atoms with E-state index in [2.05, 4.69) is 5.32 Å². The Hall–Kier alpha value is -2.07. The molecule has 0 saturated heterocycles. The lowest BCUT2D eigenvalue weighted by molar-refractivity contribution is 0.372. The highest BCUT2D eigenvalue weighted by Gasteiger charge is 2.07. The summed E-state index contributed by atoms with van der Waals surface area (Å²) in [4.78, 5) is 0. The SMILES string of the molecule is COc1cc(CN[C@H](C)c2cccc(F)c2)ccc1O. The third-order valence-electron chi connectivity index (χ3n) is 3.21. The topological polar surface area (TPSA) is 41.5 Å². The van der Waals surface area contributed by atoms with Crippen LogP contribution in [-0.2, 0) is 6.54 Å². The normalized spacial score (nSPS) is 12.2. The molecule has 0 fully saturated rings. The molecule has 0 heterocycles. The van der Waals surface area contributed by atoms with Crippen molar-refractivity contribution in [3.8, 4) is 11.5 Å². The Morgan fingerprint density at radius 1 is 1.25 bits per heavy atom. The number of halogens is 1. The Balaban J connectivity index is 2.01. The zero-order valence-electron chi connectivity index (χ0n) is 11.6. The highest BCUT2D eigenvalue weighted by molar-refractivity contribution is 5.41. The standard InChI is InChI=1S/C16H18FNO2/c1-11(13-4-3-5-14(17)9-13)18-10-12-6-7-15(19)16(8-12)20-2/h3-9,11,18-19H,10H2,1-2H3/t11-/m1/s1. The number of rotatable bonds is 5. The van der Waals surface area contributed by atoms with Crippen LogP contribution >= 0.6 is 0 Å². The van der Waals surface area contributed by atoms with E-state index >= 15 is 0 Å². The maximum absolute atomic E-state index is 13.2. The number of aromatic hydroxyl groups is 1. The first-order chi connectivity index (χ1) is 9.60. The lowest BCUT2D eigenvalue weighted by Gasteiger charge is -2.15. The number of phenols is 1. The van der Waals surface area contributed by atoms with Crippen LogP contribution in [0.25, 0.3) is 0 Å². The van der Waals surface area contributed by atoms with Crippen LogP contribution in [0.15, 0.2) is 42.5 Å². The summed E-state index contributed by atoms with van der Waals surface area (Å²) in [6, 6.07) is 11.8. The zero-order chi connectivity index (χ0) is 14.5. The van der Waals surface area contributed by atoms with Crippen LogP contribution in [0, 0.1) is 5.82 Å². The van der Waals surface area contributed by atoms with Crippen molar-refractivity contribution in [1.82, 2.24) is 5.32 Å². The summed E-state index contributed by atoms with van der Waals surface area (Å²) in [5.74, 6) is 0.333. The first kappa shape index (κ1) is 14.3. The van der Waals surface area contributed by atoms with Gasteiger partial charge in [0.25, 0.3) is 0 Å². The van der Waals surface area contributed by atoms with Gasteiger partial charge in [-0.3, -0.25) is 0 Å². The van der Waals surface area contributed by atoms with Crippen LogP contribution < -0.4 is 10.1 Å². The summed E-state index contributed by atoms with van der Waals surface area (Å²) >= 11 is 0. The summed E-state index contributed by atoms with van der Waals surface area (Å²) in [7, 11) is 1.52. The van der Waals surface area contributed by atoms with Crippen LogP contribution in [0.4, 0.5) is 4.39 Å². The van der Waals surface area contributed by atoms with Crippen molar-refractivity contribution in [2.45, 2.75) is 19.5 Å². The van der Waals surface area contributed by atoms with Crippen molar-refractivity contribution < 1.29 is 14.2 Å². The van der Waals surface area contributed by atoms with E-state index < -0.39 is 0 Å². The number of nitrogens with one attached hydrogen (secondary N) is 1. The lowest BCUT2D eigenvalue weighted by Crippen LogP contribution is -2.18. The predicted molar refractivity (Wildman–Crippen MR) is 76.3 cm³/mol. The molecular formula is C16H18FNO2. The van der Waals surface area contributed by atoms with E-state index in [0.29, 0.717) is 12.3 Å². The molecule has 0 amide bonds. The molecule has 106 valence electrons. The minimum Gasteiger partial charge on any atom is -0.504 e. The van der Waals surface area contributed by atoms with Gasteiger partial charge >= 0.3 is 0 Å². The summed E-state index contributed by atoms with van der Waals surface area (Å²) in [5, 5.41) is 12.8. The van der Waals surface area contributed by atoms with E-state index in [4.69, 9.17) is 4.74 Å². The quantitative estimate of drug-likeness (QED) is 0.879. The molecule has 3 nitrogen and oxygen atoms in total. The summed E-state index contributed by atoms with van der Waals surface area (Å²) in [6.45, 7) is 2.58. The zero-order valence-corrected chi connectivity index (χ0v) is 11.6. The number of phenolic OH excluding ortho intramolecular Hbond substituents is 1. The molecule has 0 bridgehead atoms. The molecule has 0 aliphatic rings. The summed E-state index contributed by atoms with van der Waals surface area (Å²) in [5.41, 5.74) is 1.89. The van der Waals surface area contributed by atoms with E-state index in [1.165, 1.54) is 19.2 Å². The Morgan fingerprint density at radius 3 is 2.75 bits per heavy atom. The fourth-order valence-electron chi connectivity index (χ4n) is 2.00. The van der Waals surface area contributed by atoms with Gasteiger partial charge in [0.1, 0.15) is 5.82 Å². The van der Waals surface area contributed by atoms with Gasteiger partial charge in [0, 0.05) is 12.6 Å². The van der Waals surface area contributed by atoms with Crippen molar-refractivity contribution >= 4 is 0 Å². The molecule has 0 aromatic heterocycles. The molecule has 2 aromatic rings. The highest BCUT2D eigenvalue weighted by atomic mass is 19.1. The number of methoxy groups -OCH3 is 1. The van der Waals surface area contributed by atoms with Gasteiger partial charge < -0.3 is 15.2 Å². The van der Waals surface area contributed by atoms with Crippen LogP contribution in [0.1, 0.15) is 24.1 Å². The second-order valence-electron chi connectivity index (χ2n) is 4.66. The molecule has 0 aliphatic heterocycles. The van der Waals surface area contributed by atoms with Crippen LogP contribution in [0.2, 0.25) is 0 Å². The Morgan fingerprint density at radius 2 is 2.05 bits per heavy atom. The second kappa shape index (κ2) is 6.39. The molecule has 0 spiro atoms. The first-order valence-electron chi connectivity index (χ1n) is 6.45. The maximum atomic E-state index is 13.2. The molecule has 0 radical (unpaired) electrons. The molecule has 0 saturated carbocycles. The largest absolute Gasteiger partial charge is 0.504 e. The van der Waals surface area contributed by atoms with Gasteiger partial charge in [-0.15, -0.1) is 0 Å². The third-order valence-corrected chi connectivity index (χ3v) is 3.21. The molecule has 20 heavy (non-hydrogen) atoms. The highest BCUT2D eigenvalue weighted by Crippen LogP contribution is 2.26. The third kappa shape index (κ3) is 3.48. The van der Waals surface area contributed by atoms with Crippen molar-refractivity contribution in [2.24, 2.45) is 0 Å².